The number of halogens is 2. The van der Waals surface area contributed by atoms with Crippen molar-refractivity contribution in [2.45, 2.75) is 13.5 Å². The van der Waals surface area contributed by atoms with E-state index in [1.165, 1.54) is 12.1 Å². The first-order valence-corrected chi connectivity index (χ1v) is 8.44. The molecule has 0 aliphatic heterocycles. The molecule has 2 N–H and O–H groups in total. The van der Waals surface area contributed by atoms with Gasteiger partial charge in [-0.3, -0.25) is 4.79 Å². The molecule has 0 radical (unpaired) electrons. The first-order valence-electron chi connectivity index (χ1n) is 8.44. The van der Waals surface area contributed by atoms with E-state index in [9.17, 15) is 13.6 Å². The Morgan fingerprint density at radius 1 is 1.07 bits per heavy atom. The highest BCUT2D eigenvalue weighted by molar-refractivity contribution is 5.92. The summed E-state index contributed by atoms with van der Waals surface area (Å²) < 4.78 is 32.7. The zero-order chi connectivity index (χ0) is 20.1. The third kappa shape index (κ3) is 4.59. The van der Waals surface area contributed by atoms with Crippen LogP contribution in [0.4, 0.5) is 20.4 Å². The molecule has 1 heterocycles. The number of methoxy groups -OCH3 is 1. The van der Waals surface area contributed by atoms with Crippen molar-refractivity contribution in [1.29, 1.82) is 0 Å². The van der Waals surface area contributed by atoms with Crippen molar-refractivity contribution < 1.29 is 18.3 Å². The molecule has 28 heavy (non-hydrogen) atoms. The van der Waals surface area contributed by atoms with Crippen LogP contribution in [0, 0.1) is 18.6 Å². The van der Waals surface area contributed by atoms with Crippen LogP contribution in [0.2, 0.25) is 0 Å². The number of carbonyl (C=O) groups is 1. The molecule has 0 bridgehead atoms. The number of hydrogen-bond donors (Lipinski definition) is 2. The van der Waals surface area contributed by atoms with E-state index in [2.05, 4.69) is 20.6 Å². The van der Waals surface area contributed by atoms with Gasteiger partial charge < -0.3 is 15.4 Å². The summed E-state index contributed by atoms with van der Waals surface area (Å²) in [6, 6.07) is 12.2. The van der Waals surface area contributed by atoms with Gasteiger partial charge >= 0.3 is 0 Å². The van der Waals surface area contributed by atoms with Gasteiger partial charge in [0.15, 0.2) is 0 Å². The lowest BCUT2D eigenvalue weighted by atomic mass is 10.2. The van der Waals surface area contributed by atoms with Crippen molar-refractivity contribution in [3.8, 4) is 5.75 Å². The minimum atomic E-state index is -0.782. The predicted molar refractivity (Wildman–Crippen MR) is 101 cm³/mol. The fourth-order valence-corrected chi connectivity index (χ4v) is 2.49. The summed E-state index contributed by atoms with van der Waals surface area (Å²) in [5.74, 6) is -1.35. The molecule has 2 aromatic carbocycles. The number of hydrogen-bond acceptors (Lipinski definition) is 5. The van der Waals surface area contributed by atoms with Gasteiger partial charge in [0.05, 0.1) is 7.11 Å². The molecule has 0 aliphatic rings. The number of benzene rings is 2. The highest BCUT2D eigenvalue weighted by Crippen LogP contribution is 2.21. The van der Waals surface area contributed by atoms with Crippen LogP contribution in [0.25, 0.3) is 0 Å². The minimum Gasteiger partial charge on any atom is -0.497 e. The summed E-state index contributed by atoms with van der Waals surface area (Å²) in [6.45, 7) is 1.95. The SMILES string of the molecule is COc1ccc(CNC(=O)c2cc(C)nc(Nc3c(F)cccc3F)n2)cc1. The molecule has 0 saturated heterocycles. The van der Waals surface area contributed by atoms with Crippen molar-refractivity contribution in [3.05, 3.63) is 77.1 Å². The van der Waals surface area contributed by atoms with Crippen LogP contribution < -0.4 is 15.4 Å². The standard InChI is InChI=1S/C20H18F2N4O2/c1-12-10-17(19(27)23-11-13-6-8-14(28-2)9-7-13)25-20(24-12)26-18-15(21)4-3-5-16(18)22/h3-10H,11H2,1-2H3,(H,23,27)(H,24,25,26). The Kier molecular flexibility index (Phi) is 5.78. The summed E-state index contributed by atoms with van der Waals surface area (Å²) >= 11 is 0. The highest BCUT2D eigenvalue weighted by atomic mass is 19.1. The second-order valence-corrected chi connectivity index (χ2v) is 5.97. The van der Waals surface area contributed by atoms with E-state index < -0.39 is 17.5 Å². The molecular weight excluding hydrogens is 366 g/mol. The van der Waals surface area contributed by atoms with Crippen LogP contribution in [0.3, 0.4) is 0 Å². The smallest absolute Gasteiger partial charge is 0.270 e. The van der Waals surface area contributed by atoms with Gasteiger partial charge in [0.2, 0.25) is 5.95 Å². The van der Waals surface area contributed by atoms with Gasteiger partial charge in [-0.15, -0.1) is 0 Å². The predicted octanol–water partition coefficient (Wildman–Crippen LogP) is 3.75. The van der Waals surface area contributed by atoms with Gasteiger partial charge in [0, 0.05) is 12.2 Å². The summed E-state index contributed by atoms with van der Waals surface area (Å²) in [4.78, 5) is 20.6. The van der Waals surface area contributed by atoms with Crippen molar-refractivity contribution >= 4 is 17.5 Å². The quantitative estimate of drug-likeness (QED) is 0.677. The van der Waals surface area contributed by atoms with Crippen molar-refractivity contribution in [2.75, 3.05) is 12.4 Å². The van der Waals surface area contributed by atoms with Crippen LogP contribution in [-0.4, -0.2) is 23.0 Å². The molecule has 0 unspecified atom stereocenters. The van der Waals surface area contributed by atoms with Crippen LogP contribution in [0.1, 0.15) is 21.7 Å². The van der Waals surface area contributed by atoms with Gasteiger partial charge in [-0.2, -0.15) is 0 Å². The molecule has 3 rings (SSSR count). The number of nitrogens with zero attached hydrogens (tertiary/aromatic N) is 2. The normalized spacial score (nSPS) is 10.4. The molecule has 1 amide bonds. The lowest BCUT2D eigenvalue weighted by Gasteiger charge is -2.10. The van der Waals surface area contributed by atoms with Crippen molar-refractivity contribution in [3.63, 3.8) is 0 Å². The maximum atomic E-state index is 13.8. The number of nitrogens with one attached hydrogen (secondary N) is 2. The number of amides is 1. The number of para-hydroxylation sites is 1. The summed E-state index contributed by atoms with van der Waals surface area (Å²) in [5, 5.41) is 5.24. The number of aromatic nitrogens is 2. The Hall–Kier alpha value is -3.55. The van der Waals surface area contributed by atoms with Crippen molar-refractivity contribution in [2.24, 2.45) is 0 Å². The van der Waals surface area contributed by atoms with Crippen molar-refractivity contribution in [1.82, 2.24) is 15.3 Å². The monoisotopic (exact) mass is 384 g/mol. The number of aryl methyl sites for hydroxylation is 1. The summed E-state index contributed by atoms with van der Waals surface area (Å²) in [7, 11) is 1.58. The molecule has 1 aromatic heterocycles. The van der Waals surface area contributed by atoms with Gasteiger partial charge in [-0.05, 0) is 42.8 Å². The number of rotatable bonds is 6. The fraction of sp³-hybridized carbons (Fsp3) is 0.150. The maximum absolute atomic E-state index is 13.8. The Balaban J connectivity index is 1.73. The Bertz CT molecular complexity index is 974. The number of anilines is 2. The van der Waals surface area contributed by atoms with Crippen LogP contribution in [0.5, 0.6) is 5.75 Å². The second-order valence-electron chi connectivity index (χ2n) is 5.97. The lowest BCUT2D eigenvalue weighted by molar-refractivity contribution is 0.0945. The third-order valence-electron chi connectivity index (χ3n) is 3.90. The van der Waals surface area contributed by atoms with E-state index in [1.807, 2.05) is 12.1 Å². The maximum Gasteiger partial charge on any atom is 0.270 e. The molecule has 0 aliphatic carbocycles. The number of ether oxygens (including phenoxy) is 1. The molecule has 0 saturated carbocycles. The second kappa shape index (κ2) is 8.43. The molecular formula is C20H18F2N4O2. The molecule has 0 spiro atoms. The molecule has 0 fully saturated rings. The fourth-order valence-electron chi connectivity index (χ4n) is 2.49. The van der Waals surface area contributed by atoms with E-state index in [0.717, 1.165) is 23.4 Å². The third-order valence-corrected chi connectivity index (χ3v) is 3.90. The largest absolute Gasteiger partial charge is 0.497 e. The molecule has 8 heteroatoms. The Labute approximate surface area is 160 Å². The average molecular weight is 384 g/mol. The van der Waals surface area contributed by atoms with Crippen LogP contribution in [-0.2, 0) is 6.54 Å². The van der Waals surface area contributed by atoms with Crippen LogP contribution in [0.15, 0.2) is 48.5 Å². The van der Waals surface area contributed by atoms with Crippen LogP contribution >= 0.6 is 0 Å². The van der Waals surface area contributed by atoms with E-state index in [4.69, 9.17) is 4.74 Å². The lowest BCUT2D eigenvalue weighted by Crippen LogP contribution is -2.24. The average Bonchev–Trinajstić information content (AvgIpc) is 2.69. The number of carbonyl (C=O) groups excluding carboxylic acids is 1. The Morgan fingerprint density at radius 2 is 1.75 bits per heavy atom. The van der Waals surface area contributed by atoms with E-state index in [0.29, 0.717) is 5.69 Å². The topological polar surface area (TPSA) is 76.1 Å². The first kappa shape index (κ1) is 19.2. The summed E-state index contributed by atoms with van der Waals surface area (Å²) in [6.07, 6.45) is 0. The molecule has 144 valence electrons. The van der Waals surface area contributed by atoms with Gasteiger partial charge in [-0.25, -0.2) is 18.7 Å². The van der Waals surface area contributed by atoms with E-state index in [1.54, 1.807) is 26.2 Å². The van der Waals surface area contributed by atoms with Gasteiger partial charge in [0.25, 0.3) is 5.91 Å². The zero-order valence-electron chi connectivity index (χ0n) is 15.3. The molecule has 3 aromatic rings. The molecule has 0 atom stereocenters. The van der Waals surface area contributed by atoms with Gasteiger partial charge in [0.1, 0.15) is 28.8 Å². The Morgan fingerprint density at radius 3 is 2.39 bits per heavy atom. The first-order chi connectivity index (χ1) is 13.5. The minimum absolute atomic E-state index is 0.0707. The van der Waals surface area contributed by atoms with E-state index >= 15 is 0 Å². The summed E-state index contributed by atoms with van der Waals surface area (Å²) in [5.41, 5.74) is 1.06. The zero-order valence-corrected chi connectivity index (χ0v) is 15.3. The molecule has 6 nitrogen and oxygen atoms in total. The highest BCUT2D eigenvalue weighted by Gasteiger charge is 2.14. The van der Waals surface area contributed by atoms with E-state index in [-0.39, 0.29) is 23.9 Å². The van der Waals surface area contributed by atoms with Gasteiger partial charge in [-0.1, -0.05) is 18.2 Å².